The van der Waals surface area contributed by atoms with Crippen molar-refractivity contribution in [2.45, 2.75) is 38.3 Å². The minimum Gasteiger partial charge on any atom is -0.347 e. The Kier molecular flexibility index (Phi) is 5.51. The standard InChI is InChI=1S/C17H21F3N2O2/c1-10(2)11-3-5-12(6-4-11)13-7-14(13)16(24)21-8-15(23)22-9-17(18,19)20/h3-6,10,13-14H,7-9H2,1-2H3,(H,21,24)(H,22,23). The third-order valence-corrected chi connectivity index (χ3v) is 4.07. The summed E-state index contributed by atoms with van der Waals surface area (Å²) in [6, 6.07) is 8.09. The van der Waals surface area contributed by atoms with Gasteiger partial charge in [-0.1, -0.05) is 38.1 Å². The fourth-order valence-electron chi connectivity index (χ4n) is 2.54. The van der Waals surface area contributed by atoms with Crippen LogP contribution in [0.3, 0.4) is 0 Å². The summed E-state index contributed by atoms with van der Waals surface area (Å²) in [6.07, 6.45) is -3.76. The molecule has 0 saturated heterocycles. The highest BCUT2D eigenvalue weighted by molar-refractivity contribution is 5.87. The van der Waals surface area contributed by atoms with Gasteiger partial charge in [0.1, 0.15) is 6.54 Å². The molecule has 1 aromatic rings. The molecule has 0 aromatic heterocycles. The second-order valence-corrected chi connectivity index (χ2v) is 6.38. The number of amides is 2. The van der Waals surface area contributed by atoms with Crippen molar-refractivity contribution in [1.82, 2.24) is 10.6 Å². The van der Waals surface area contributed by atoms with Crippen molar-refractivity contribution in [2.75, 3.05) is 13.1 Å². The lowest BCUT2D eigenvalue weighted by Gasteiger charge is -2.09. The number of nitrogens with one attached hydrogen (secondary N) is 2. The number of benzene rings is 1. The zero-order valence-corrected chi connectivity index (χ0v) is 13.6. The fourth-order valence-corrected chi connectivity index (χ4v) is 2.54. The van der Waals surface area contributed by atoms with Crippen molar-refractivity contribution in [3.63, 3.8) is 0 Å². The van der Waals surface area contributed by atoms with E-state index in [1.807, 2.05) is 24.3 Å². The zero-order valence-electron chi connectivity index (χ0n) is 13.6. The Hall–Kier alpha value is -2.05. The number of alkyl halides is 3. The summed E-state index contributed by atoms with van der Waals surface area (Å²) in [4.78, 5) is 23.2. The predicted octanol–water partition coefficient (Wildman–Crippen LogP) is 2.71. The van der Waals surface area contributed by atoms with Gasteiger partial charge in [0.05, 0.1) is 6.54 Å². The Bertz CT molecular complexity index is 597. The van der Waals surface area contributed by atoms with Crippen molar-refractivity contribution in [1.29, 1.82) is 0 Å². The van der Waals surface area contributed by atoms with Gasteiger partial charge in [0, 0.05) is 5.92 Å². The smallest absolute Gasteiger partial charge is 0.347 e. The van der Waals surface area contributed by atoms with Gasteiger partial charge in [0.2, 0.25) is 11.8 Å². The number of carbonyl (C=O) groups excluding carboxylic acids is 2. The van der Waals surface area contributed by atoms with Gasteiger partial charge in [-0.3, -0.25) is 9.59 Å². The molecule has 2 amide bonds. The molecule has 1 aliphatic carbocycles. The predicted molar refractivity (Wildman–Crippen MR) is 83.5 cm³/mol. The Labute approximate surface area is 138 Å². The largest absolute Gasteiger partial charge is 0.405 e. The normalized spacial score (nSPS) is 19.9. The highest BCUT2D eigenvalue weighted by atomic mass is 19.4. The third-order valence-electron chi connectivity index (χ3n) is 4.07. The average molecular weight is 342 g/mol. The summed E-state index contributed by atoms with van der Waals surface area (Å²) in [5, 5.41) is 4.11. The molecule has 0 bridgehead atoms. The molecule has 2 atom stereocenters. The lowest BCUT2D eigenvalue weighted by atomic mass is 10.00. The van der Waals surface area contributed by atoms with Crippen LogP contribution < -0.4 is 10.6 Å². The van der Waals surface area contributed by atoms with Crippen molar-refractivity contribution in [3.05, 3.63) is 35.4 Å². The first-order chi connectivity index (χ1) is 11.2. The highest BCUT2D eigenvalue weighted by Crippen LogP contribution is 2.47. The van der Waals surface area contributed by atoms with Crippen LogP contribution in [0.25, 0.3) is 0 Å². The van der Waals surface area contributed by atoms with Crippen LogP contribution >= 0.6 is 0 Å². The van der Waals surface area contributed by atoms with Gasteiger partial charge in [-0.25, -0.2) is 0 Å². The molecule has 0 radical (unpaired) electrons. The zero-order chi connectivity index (χ0) is 17.9. The van der Waals surface area contributed by atoms with Crippen LogP contribution in [-0.2, 0) is 9.59 Å². The highest BCUT2D eigenvalue weighted by Gasteiger charge is 2.43. The van der Waals surface area contributed by atoms with Gasteiger partial charge in [-0.15, -0.1) is 0 Å². The van der Waals surface area contributed by atoms with E-state index in [0.717, 1.165) is 5.56 Å². The van der Waals surface area contributed by atoms with Gasteiger partial charge in [-0.05, 0) is 29.4 Å². The molecule has 2 rings (SSSR count). The summed E-state index contributed by atoms with van der Waals surface area (Å²) in [7, 11) is 0. The monoisotopic (exact) mass is 342 g/mol. The Balaban J connectivity index is 1.76. The number of halogens is 3. The van der Waals surface area contributed by atoms with Gasteiger partial charge < -0.3 is 10.6 Å². The third kappa shape index (κ3) is 5.25. The molecule has 2 N–H and O–H groups in total. The molecule has 2 unspecified atom stereocenters. The number of carbonyl (C=O) groups is 2. The molecule has 132 valence electrons. The molecule has 0 spiro atoms. The van der Waals surface area contributed by atoms with Crippen LogP contribution in [-0.4, -0.2) is 31.1 Å². The molecule has 1 aromatic carbocycles. The minimum atomic E-state index is -4.45. The van der Waals surface area contributed by atoms with Crippen LogP contribution in [0.5, 0.6) is 0 Å². The maximum absolute atomic E-state index is 12.0. The maximum Gasteiger partial charge on any atom is 0.405 e. The average Bonchev–Trinajstić information content (AvgIpc) is 3.30. The van der Waals surface area contributed by atoms with Crippen LogP contribution in [0.4, 0.5) is 13.2 Å². The van der Waals surface area contributed by atoms with E-state index in [1.54, 1.807) is 5.32 Å². The lowest BCUT2D eigenvalue weighted by Crippen LogP contribution is -2.41. The second-order valence-electron chi connectivity index (χ2n) is 6.38. The van der Waals surface area contributed by atoms with E-state index in [4.69, 9.17) is 0 Å². The molecule has 1 fully saturated rings. The van der Waals surface area contributed by atoms with Gasteiger partial charge in [0.25, 0.3) is 0 Å². The molecule has 0 heterocycles. The van der Waals surface area contributed by atoms with E-state index >= 15 is 0 Å². The molecular weight excluding hydrogens is 321 g/mol. The van der Waals surface area contributed by atoms with Gasteiger partial charge in [-0.2, -0.15) is 13.2 Å². The van der Waals surface area contributed by atoms with Crippen molar-refractivity contribution in [3.8, 4) is 0 Å². The summed E-state index contributed by atoms with van der Waals surface area (Å²) in [5.41, 5.74) is 2.29. The van der Waals surface area contributed by atoms with Crippen LogP contribution in [0.1, 0.15) is 43.2 Å². The van der Waals surface area contributed by atoms with E-state index in [9.17, 15) is 22.8 Å². The summed E-state index contributed by atoms with van der Waals surface area (Å²) < 4.78 is 35.9. The molecule has 7 heteroatoms. The second kappa shape index (κ2) is 7.23. The van der Waals surface area contributed by atoms with Crippen molar-refractivity contribution < 1.29 is 22.8 Å². The Morgan fingerprint density at radius 3 is 2.33 bits per heavy atom. The van der Waals surface area contributed by atoms with Gasteiger partial charge >= 0.3 is 6.18 Å². The first-order valence-corrected chi connectivity index (χ1v) is 7.88. The first-order valence-electron chi connectivity index (χ1n) is 7.88. The van der Waals surface area contributed by atoms with Crippen LogP contribution in [0.2, 0.25) is 0 Å². The molecular formula is C17H21F3N2O2. The molecule has 1 aliphatic rings. The Morgan fingerprint density at radius 2 is 1.79 bits per heavy atom. The summed E-state index contributed by atoms with van der Waals surface area (Å²) >= 11 is 0. The lowest BCUT2D eigenvalue weighted by molar-refractivity contribution is -0.138. The fraction of sp³-hybridized carbons (Fsp3) is 0.529. The maximum atomic E-state index is 12.0. The van der Waals surface area contributed by atoms with E-state index in [2.05, 4.69) is 19.2 Å². The number of hydrogen-bond acceptors (Lipinski definition) is 2. The number of hydrogen-bond donors (Lipinski definition) is 2. The first kappa shape index (κ1) is 18.3. The van der Waals surface area contributed by atoms with Crippen molar-refractivity contribution >= 4 is 11.8 Å². The van der Waals surface area contributed by atoms with Crippen LogP contribution in [0.15, 0.2) is 24.3 Å². The minimum absolute atomic E-state index is 0.115. The van der Waals surface area contributed by atoms with Crippen LogP contribution in [0, 0.1) is 5.92 Å². The van der Waals surface area contributed by atoms with E-state index < -0.39 is 25.2 Å². The summed E-state index contributed by atoms with van der Waals surface area (Å²) in [5.74, 6) is -0.809. The topological polar surface area (TPSA) is 58.2 Å². The van der Waals surface area contributed by atoms with E-state index in [1.165, 1.54) is 5.56 Å². The molecule has 0 aliphatic heterocycles. The molecule has 4 nitrogen and oxygen atoms in total. The Morgan fingerprint density at radius 1 is 1.17 bits per heavy atom. The van der Waals surface area contributed by atoms with Crippen molar-refractivity contribution in [2.24, 2.45) is 5.92 Å². The van der Waals surface area contributed by atoms with E-state index in [-0.39, 0.29) is 17.7 Å². The number of rotatable bonds is 6. The quantitative estimate of drug-likeness (QED) is 0.835. The summed E-state index contributed by atoms with van der Waals surface area (Å²) in [6.45, 7) is 2.37. The van der Waals surface area contributed by atoms with Gasteiger partial charge in [0.15, 0.2) is 0 Å². The van der Waals surface area contributed by atoms with E-state index in [0.29, 0.717) is 12.3 Å². The molecule has 1 saturated carbocycles. The SMILES string of the molecule is CC(C)c1ccc(C2CC2C(=O)NCC(=O)NCC(F)(F)F)cc1. The molecule has 24 heavy (non-hydrogen) atoms.